The highest BCUT2D eigenvalue weighted by atomic mass is 15.0. The minimum atomic E-state index is 0.0780. The van der Waals surface area contributed by atoms with Crippen molar-refractivity contribution >= 4 is 5.65 Å². The van der Waals surface area contributed by atoms with Crippen LogP contribution in [0.3, 0.4) is 0 Å². The van der Waals surface area contributed by atoms with E-state index in [-0.39, 0.29) is 10.8 Å². The zero-order valence-electron chi connectivity index (χ0n) is 13.7. The highest BCUT2D eigenvalue weighted by Gasteiger charge is 2.30. The predicted octanol–water partition coefficient (Wildman–Crippen LogP) is 4.96. The minimum absolute atomic E-state index is 0.0780. The van der Waals surface area contributed by atoms with Gasteiger partial charge < -0.3 is 4.40 Å². The van der Waals surface area contributed by atoms with Gasteiger partial charge in [0, 0.05) is 17.0 Å². The number of imidazole rings is 1. The van der Waals surface area contributed by atoms with Crippen molar-refractivity contribution in [3.63, 3.8) is 0 Å². The minimum Gasteiger partial charge on any atom is -0.303 e. The first-order valence-electron chi connectivity index (χ1n) is 7.19. The monoisotopic (exact) mass is 260 g/mol. The van der Waals surface area contributed by atoms with E-state index in [9.17, 15) is 0 Å². The quantitative estimate of drug-likeness (QED) is 0.654. The molecule has 0 bridgehead atoms. The Kier molecular flexibility index (Phi) is 4.44. The van der Waals surface area contributed by atoms with Crippen LogP contribution in [0.1, 0.15) is 66.8 Å². The normalized spacial score (nSPS) is 12.2. The number of hydrogen-bond donors (Lipinski definition) is 0. The van der Waals surface area contributed by atoms with Gasteiger partial charge in [0.05, 0.1) is 11.4 Å². The standard InChI is InChI=1S/C15H22N2.C2H6/c1-14(2,3)12-13(15(4,5)6)17-10-8-7-9-11(17)16-12;1-2/h7-10H,1-6H3;1-2H3. The average Bonchev–Trinajstić information content (AvgIpc) is 2.70. The van der Waals surface area contributed by atoms with E-state index in [1.54, 1.807) is 0 Å². The van der Waals surface area contributed by atoms with E-state index in [2.05, 4.69) is 64.3 Å². The Morgan fingerprint density at radius 2 is 1.47 bits per heavy atom. The maximum atomic E-state index is 4.81. The first kappa shape index (κ1) is 15.7. The zero-order valence-corrected chi connectivity index (χ0v) is 13.7. The summed E-state index contributed by atoms with van der Waals surface area (Å²) in [6.07, 6.45) is 2.11. The molecule has 0 N–H and O–H groups in total. The third-order valence-electron chi connectivity index (χ3n) is 2.95. The van der Waals surface area contributed by atoms with Gasteiger partial charge in [-0.05, 0) is 12.1 Å². The van der Waals surface area contributed by atoms with Crippen LogP contribution >= 0.6 is 0 Å². The van der Waals surface area contributed by atoms with E-state index in [0.717, 1.165) is 5.65 Å². The first-order chi connectivity index (χ1) is 8.71. The molecule has 2 aromatic rings. The molecule has 0 atom stereocenters. The van der Waals surface area contributed by atoms with E-state index in [1.807, 2.05) is 19.9 Å². The Labute approximate surface area is 117 Å². The molecule has 0 radical (unpaired) electrons. The van der Waals surface area contributed by atoms with Crippen LogP contribution in [0, 0.1) is 0 Å². The average molecular weight is 260 g/mol. The summed E-state index contributed by atoms with van der Waals surface area (Å²) in [5.74, 6) is 0. The Morgan fingerprint density at radius 3 is 1.95 bits per heavy atom. The van der Waals surface area contributed by atoms with Crippen molar-refractivity contribution in [1.82, 2.24) is 9.38 Å². The van der Waals surface area contributed by atoms with Gasteiger partial charge in [-0.1, -0.05) is 61.5 Å². The molecule has 0 aromatic carbocycles. The van der Waals surface area contributed by atoms with E-state index in [1.165, 1.54) is 11.4 Å². The molecule has 0 aliphatic heterocycles. The molecular weight excluding hydrogens is 232 g/mol. The highest BCUT2D eigenvalue weighted by Crippen LogP contribution is 2.33. The van der Waals surface area contributed by atoms with Gasteiger partial charge >= 0.3 is 0 Å². The number of rotatable bonds is 0. The topological polar surface area (TPSA) is 17.3 Å². The van der Waals surface area contributed by atoms with Crippen LogP contribution in [0.2, 0.25) is 0 Å². The predicted molar refractivity (Wildman–Crippen MR) is 83.9 cm³/mol. The molecule has 2 heterocycles. The molecule has 0 spiro atoms. The van der Waals surface area contributed by atoms with Gasteiger partial charge in [-0.3, -0.25) is 0 Å². The van der Waals surface area contributed by atoms with Gasteiger partial charge in [0.1, 0.15) is 5.65 Å². The van der Waals surface area contributed by atoms with Crippen molar-refractivity contribution in [3.8, 4) is 0 Å². The zero-order chi connectivity index (χ0) is 14.8. The number of aromatic nitrogens is 2. The van der Waals surface area contributed by atoms with Crippen LogP contribution in [0.25, 0.3) is 5.65 Å². The molecule has 2 nitrogen and oxygen atoms in total. The SMILES string of the molecule is CC.CC(C)(C)c1nc2ccccn2c1C(C)(C)C. The lowest BCUT2D eigenvalue weighted by molar-refractivity contribution is 0.506. The number of nitrogens with zero attached hydrogens (tertiary/aromatic N) is 2. The van der Waals surface area contributed by atoms with Gasteiger partial charge in [-0.2, -0.15) is 0 Å². The molecule has 0 saturated heterocycles. The second kappa shape index (κ2) is 5.36. The Balaban J connectivity index is 0.000000861. The maximum Gasteiger partial charge on any atom is 0.137 e. The second-order valence-corrected chi connectivity index (χ2v) is 6.74. The molecule has 19 heavy (non-hydrogen) atoms. The van der Waals surface area contributed by atoms with Crippen LogP contribution in [0.15, 0.2) is 24.4 Å². The molecule has 0 aliphatic rings. The molecular formula is C17H28N2. The summed E-state index contributed by atoms with van der Waals surface area (Å²) in [4.78, 5) is 4.81. The van der Waals surface area contributed by atoms with Crippen molar-refractivity contribution < 1.29 is 0 Å². The van der Waals surface area contributed by atoms with E-state index < -0.39 is 0 Å². The number of fused-ring (bicyclic) bond motifs is 1. The summed E-state index contributed by atoms with van der Waals surface area (Å²) in [7, 11) is 0. The van der Waals surface area contributed by atoms with Crippen molar-refractivity contribution in [1.29, 1.82) is 0 Å². The van der Waals surface area contributed by atoms with Gasteiger partial charge in [-0.25, -0.2) is 4.98 Å². The van der Waals surface area contributed by atoms with Crippen LogP contribution in [0.4, 0.5) is 0 Å². The van der Waals surface area contributed by atoms with E-state index in [4.69, 9.17) is 4.98 Å². The van der Waals surface area contributed by atoms with Crippen molar-refractivity contribution in [2.45, 2.75) is 66.2 Å². The van der Waals surface area contributed by atoms with Gasteiger partial charge in [0.15, 0.2) is 0 Å². The number of hydrogen-bond acceptors (Lipinski definition) is 1. The summed E-state index contributed by atoms with van der Waals surface area (Å²) in [5, 5.41) is 0. The van der Waals surface area contributed by atoms with Crippen LogP contribution in [-0.2, 0) is 10.8 Å². The fourth-order valence-corrected chi connectivity index (χ4v) is 2.24. The summed E-state index contributed by atoms with van der Waals surface area (Å²) in [5.41, 5.74) is 3.75. The van der Waals surface area contributed by atoms with E-state index >= 15 is 0 Å². The third kappa shape index (κ3) is 3.17. The third-order valence-corrected chi connectivity index (χ3v) is 2.95. The molecule has 0 amide bonds. The summed E-state index contributed by atoms with van der Waals surface area (Å²) < 4.78 is 2.22. The second-order valence-electron chi connectivity index (χ2n) is 6.74. The molecule has 2 heteroatoms. The fourth-order valence-electron chi connectivity index (χ4n) is 2.24. The molecule has 0 fully saturated rings. The lowest BCUT2D eigenvalue weighted by atomic mass is 9.82. The Bertz CT molecular complexity index is 536. The van der Waals surface area contributed by atoms with Crippen LogP contribution in [0.5, 0.6) is 0 Å². The first-order valence-corrected chi connectivity index (χ1v) is 7.19. The maximum absolute atomic E-state index is 4.81. The van der Waals surface area contributed by atoms with Crippen molar-refractivity contribution in [2.24, 2.45) is 0 Å². The molecule has 0 saturated carbocycles. The van der Waals surface area contributed by atoms with Gasteiger partial charge in [0.2, 0.25) is 0 Å². The molecule has 0 unspecified atom stereocenters. The molecule has 0 aliphatic carbocycles. The molecule has 106 valence electrons. The lowest BCUT2D eigenvalue weighted by Crippen LogP contribution is -2.23. The smallest absolute Gasteiger partial charge is 0.137 e. The Hall–Kier alpha value is -1.31. The van der Waals surface area contributed by atoms with Gasteiger partial charge in [0.25, 0.3) is 0 Å². The van der Waals surface area contributed by atoms with Crippen molar-refractivity contribution in [3.05, 3.63) is 35.8 Å². The highest BCUT2D eigenvalue weighted by molar-refractivity contribution is 5.46. The van der Waals surface area contributed by atoms with Crippen LogP contribution in [-0.4, -0.2) is 9.38 Å². The molecule has 2 rings (SSSR count). The van der Waals surface area contributed by atoms with E-state index in [0.29, 0.717) is 0 Å². The fraction of sp³-hybridized carbons (Fsp3) is 0.588. The summed E-state index contributed by atoms with van der Waals surface area (Å²) >= 11 is 0. The number of pyridine rings is 1. The lowest BCUT2D eigenvalue weighted by Gasteiger charge is -2.25. The largest absolute Gasteiger partial charge is 0.303 e. The van der Waals surface area contributed by atoms with Gasteiger partial charge in [-0.15, -0.1) is 0 Å². The molecule has 2 aromatic heterocycles. The van der Waals surface area contributed by atoms with Crippen molar-refractivity contribution in [2.75, 3.05) is 0 Å². The summed E-state index contributed by atoms with van der Waals surface area (Å²) in [6.45, 7) is 17.4. The Morgan fingerprint density at radius 1 is 0.895 bits per heavy atom. The summed E-state index contributed by atoms with van der Waals surface area (Å²) in [6, 6.07) is 6.18. The van der Waals surface area contributed by atoms with Crippen LogP contribution < -0.4 is 0 Å².